The van der Waals surface area contributed by atoms with Gasteiger partial charge in [-0.25, -0.2) is 4.98 Å². The van der Waals surface area contributed by atoms with Crippen molar-refractivity contribution >= 4 is 22.6 Å². The Kier molecular flexibility index (Phi) is 3.66. The standard InChI is InChI=1S/C14H18N4O2/c1-2-18-9-16-11-7-10(3-4-12(11)18)17-14(19)13-8-15-5-6-20-13/h3-4,7,9,13,15H,2,5-6,8H2,1H3,(H,17,19)/t13-/m0/s1. The van der Waals surface area contributed by atoms with Crippen LogP contribution in [0.5, 0.6) is 0 Å². The molecule has 6 nitrogen and oxygen atoms in total. The number of anilines is 1. The smallest absolute Gasteiger partial charge is 0.254 e. The fraction of sp³-hybridized carbons (Fsp3) is 0.429. The van der Waals surface area contributed by atoms with Gasteiger partial charge in [-0.05, 0) is 25.1 Å². The number of hydrogen-bond acceptors (Lipinski definition) is 4. The van der Waals surface area contributed by atoms with Gasteiger partial charge in [0.15, 0.2) is 0 Å². The van der Waals surface area contributed by atoms with E-state index in [9.17, 15) is 4.79 Å². The summed E-state index contributed by atoms with van der Waals surface area (Å²) in [6, 6.07) is 5.75. The van der Waals surface area contributed by atoms with Gasteiger partial charge in [0.05, 0.1) is 24.0 Å². The van der Waals surface area contributed by atoms with Crippen molar-refractivity contribution in [2.75, 3.05) is 25.0 Å². The van der Waals surface area contributed by atoms with Crippen LogP contribution in [0.4, 0.5) is 5.69 Å². The number of rotatable bonds is 3. The Bertz CT molecular complexity index is 617. The summed E-state index contributed by atoms with van der Waals surface area (Å²) >= 11 is 0. The summed E-state index contributed by atoms with van der Waals surface area (Å²) in [6.07, 6.45) is 1.39. The number of fused-ring (bicyclic) bond motifs is 1. The van der Waals surface area contributed by atoms with Crippen LogP contribution in [-0.4, -0.2) is 41.3 Å². The molecule has 2 aromatic rings. The number of hydrogen-bond donors (Lipinski definition) is 2. The fourth-order valence-corrected chi connectivity index (χ4v) is 2.35. The first-order chi connectivity index (χ1) is 9.78. The second-order valence-corrected chi connectivity index (χ2v) is 4.79. The predicted octanol–water partition coefficient (Wildman–Crippen LogP) is 0.983. The van der Waals surface area contributed by atoms with Gasteiger partial charge in [0.2, 0.25) is 0 Å². The van der Waals surface area contributed by atoms with Crippen molar-refractivity contribution < 1.29 is 9.53 Å². The molecule has 1 aromatic carbocycles. The van der Waals surface area contributed by atoms with Crippen molar-refractivity contribution in [3.8, 4) is 0 Å². The SMILES string of the molecule is CCn1cnc2cc(NC(=O)[C@@H]3CNCCO3)ccc21. The van der Waals surface area contributed by atoms with E-state index in [0.717, 1.165) is 29.8 Å². The molecular weight excluding hydrogens is 256 g/mol. The highest BCUT2D eigenvalue weighted by atomic mass is 16.5. The van der Waals surface area contributed by atoms with Crippen LogP contribution in [0.15, 0.2) is 24.5 Å². The van der Waals surface area contributed by atoms with Gasteiger partial charge < -0.3 is 19.9 Å². The van der Waals surface area contributed by atoms with Crippen LogP contribution in [0.2, 0.25) is 0 Å². The number of ether oxygens (including phenoxy) is 1. The Hall–Kier alpha value is -1.92. The summed E-state index contributed by atoms with van der Waals surface area (Å²) in [5, 5.41) is 6.02. The third-order valence-corrected chi connectivity index (χ3v) is 3.45. The number of aromatic nitrogens is 2. The van der Waals surface area contributed by atoms with E-state index in [1.165, 1.54) is 0 Å². The highest BCUT2D eigenvalue weighted by Gasteiger charge is 2.21. The molecule has 1 saturated heterocycles. The first kappa shape index (κ1) is 13.1. The first-order valence-electron chi connectivity index (χ1n) is 6.86. The third-order valence-electron chi connectivity index (χ3n) is 3.45. The number of carbonyl (C=O) groups is 1. The highest BCUT2D eigenvalue weighted by Crippen LogP contribution is 2.18. The summed E-state index contributed by atoms with van der Waals surface area (Å²) in [5.41, 5.74) is 2.70. The van der Waals surface area contributed by atoms with Gasteiger partial charge in [-0.3, -0.25) is 4.79 Å². The first-order valence-corrected chi connectivity index (χ1v) is 6.86. The number of imidazole rings is 1. The Morgan fingerprint density at radius 3 is 3.25 bits per heavy atom. The van der Waals surface area contributed by atoms with Crippen molar-refractivity contribution in [3.05, 3.63) is 24.5 Å². The van der Waals surface area contributed by atoms with Crippen LogP contribution in [0, 0.1) is 0 Å². The molecule has 6 heteroatoms. The Morgan fingerprint density at radius 1 is 1.60 bits per heavy atom. The molecule has 0 spiro atoms. The number of benzene rings is 1. The quantitative estimate of drug-likeness (QED) is 0.875. The van der Waals surface area contributed by atoms with E-state index < -0.39 is 6.10 Å². The molecule has 0 unspecified atom stereocenters. The van der Waals surface area contributed by atoms with Crippen LogP contribution in [0.1, 0.15) is 6.92 Å². The van der Waals surface area contributed by atoms with Gasteiger partial charge in [-0.15, -0.1) is 0 Å². The van der Waals surface area contributed by atoms with E-state index in [1.807, 2.05) is 24.5 Å². The lowest BCUT2D eigenvalue weighted by Crippen LogP contribution is -2.45. The number of nitrogens with one attached hydrogen (secondary N) is 2. The summed E-state index contributed by atoms with van der Waals surface area (Å²) in [6.45, 7) is 4.87. The van der Waals surface area contributed by atoms with E-state index in [4.69, 9.17) is 4.74 Å². The molecular formula is C14H18N4O2. The zero-order valence-corrected chi connectivity index (χ0v) is 11.4. The van der Waals surface area contributed by atoms with Crippen LogP contribution in [0.25, 0.3) is 11.0 Å². The number of amides is 1. The van der Waals surface area contributed by atoms with Gasteiger partial charge in [-0.1, -0.05) is 0 Å². The summed E-state index contributed by atoms with van der Waals surface area (Å²) in [5.74, 6) is -0.119. The predicted molar refractivity (Wildman–Crippen MR) is 76.6 cm³/mol. The molecule has 1 aliphatic rings. The van der Waals surface area contributed by atoms with Gasteiger partial charge >= 0.3 is 0 Å². The molecule has 1 aromatic heterocycles. The van der Waals surface area contributed by atoms with Crippen molar-refractivity contribution in [1.82, 2.24) is 14.9 Å². The van der Waals surface area contributed by atoms with Gasteiger partial charge in [0.1, 0.15) is 6.10 Å². The minimum atomic E-state index is -0.423. The normalized spacial score (nSPS) is 19.1. The van der Waals surface area contributed by atoms with Crippen LogP contribution in [0.3, 0.4) is 0 Å². The average molecular weight is 274 g/mol. The molecule has 1 fully saturated rings. The topological polar surface area (TPSA) is 68.2 Å². The lowest BCUT2D eigenvalue weighted by Gasteiger charge is -2.22. The van der Waals surface area contributed by atoms with E-state index in [0.29, 0.717) is 13.2 Å². The summed E-state index contributed by atoms with van der Waals surface area (Å²) < 4.78 is 7.49. The molecule has 2 heterocycles. The highest BCUT2D eigenvalue weighted by molar-refractivity contribution is 5.96. The average Bonchev–Trinajstić information content (AvgIpc) is 2.90. The van der Waals surface area contributed by atoms with E-state index >= 15 is 0 Å². The molecule has 0 radical (unpaired) electrons. The largest absolute Gasteiger partial charge is 0.366 e. The Labute approximate surface area is 117 Å². The Morgan fingerprint density at radius 2 is 2.50 bits per heavy atom. The zero-order valence-electron chi connectivity index (χ0n) is 11.4. The van der Waals surface area contributed by atoms with Gasteiger partial charge in [0, 0.05) is 25.3 Å². The molecule has 1 aliphatic heterocycles. The lowest BCUT2D eigenvalue weighted by molar-refractivity contribution is -0.128. The molecule has 1 atom stereocenters. The third kappa shape index (κ3) is 2.52. The molecule has 2 N–H and O–H groups in total. The van der Waals surface area contributed by atoms with Crippen molar-refractivity contribution in [2.24, 2.45) is 0 Å². The molecule has 0 aliphatic carbocycles. The fourth-order valence-electron chi connectivity index (χ4n) is 2.35. The van der Waals surface area contributed by atoms with Crippen molar-refractivity contribution in [2.45, 2.75) is 19.6 Å². The monoisotopic (exact) mass is 274 g/mol. The second kappa shape index (κ2) is 5.60. The second-order valence-electron chi connectivity index (χ2n) is 4.79. The maximum Gasteiger partial charge on any atom is 0.254 e. The molecule has 1 amide bonds. The minimum Gasteiger partial charge on any atom is -0.366 e. The molecule has 20 heavy (non-hydrogen) atoms. The van der Waals surface area contributed by atoms with Crippen molar-refractivity contribution in [3.63, 3.8) is 0 Å². The van der Waals surface area contributed by atoms with Gasteiger partial charge in [-0.2, -0.15) is 0 Å². The van der Waals surface area contributed by atoms with E-state index in [2.05, 4.69) is 27.1 Å². The zero-order chi connectivity index (χ0) is 13.9. The van der Waals surface area contributed by atoms with E-state index in [-0.39, 0.29) is 5.91 Å². The van der Waals surface area contributed by atoms with E-state index in [1.54, 1.807) is 0 Å². The Balaban J connectivity index is 1.75. The molecule has 3 rings (SSSR count). The maximum atomic E-state index is 12.1. The minimum absolute atomic E-state index is 0.119. The molecule has 0 saturated carbocycles. The summed E-state index contributed by atoms with van der Waals surface area (Å²) in [4.78, 5) is 16.4. The lowest BCUT2D eigenvalue weighted by atomic mass is 10.2. The summed E-state index contributed by atoms with van der Waals surface area (Å²) in [7, 11) is 0. The number of morpholine rings is 1. The molecule has 0 bridgehead atoms. The molecule has 106 valence electrons. The number of carbonyl (C=O) groups excluding carboxylic acids is 1. The number of aryl methyl sites for hydroxylation is 1. The van der Waals surface area contributed by atoms with Crippen molar-refractivity contribution in [1.29, 1.82) is 0 Å². The van der Waals surface area contributed by atoms with Crippen LogP contribution in [-0.2, 0) is 16.1 Å². The van der Waals surface area contributed by atoms with Crippen LogP contribution < -0.4 is 10.6 Å². The maximum absolute atomic E-state index is 12.1. The van der Waals surface area contributed by atoms with Gasteiger partial charge in [0.25, 0.3) is 5.91 Å². The van der Waals surface area contributed by atoms with Crippen LogP contribution >= 0.6 is 0 Å². The number of nitrogens with zero attached hydrogens (tertiary/aromatic N) is 2.